The zero-order valence-corrected chi connectivity index (χ0v) is 24.7. The van der Waals surface area contributed by atoms with Gasteiger partial charge in [0.25, 0.3) is 0 Å². The summed E-state index contributed by atoms with van der Waals surface area (Å²) in [5.74, 6) is 2.59. The number of likely N-dealkylation sites (tertiary alicyclic amines) is 1. The lowest BCUT2D eigenvalue weighted by Crippen LogP contribution is -2.36. The maximum Gasteiger partial charge on any atom is 0.416 e. The third-order valence-electron chi connectivity index (χ3n) is 7.68. The van der Waals surface area contributed by atoms with Gasteiger partial charge in [0.05, 0.1) is 33.1 Å². The van der Waals surface area contributed by atoms with Gasteiger partial charge in [0.15, 0.2) is 0 Å². The fourth-order valence-corrected chi connectivity index (χ4v) is 6.64. The van der Waals surface area contributed by atoms with Crippen LogP contribution >= 0.6 is 22.6 Å². The van der Waals surface area contributed by atoms with E-state index in [-0.39, 0.29) is 39.5 Å². The molecule has 0 spiro atoms. The molecule has 13 heteroatoms. The molecule has 2 aromatic heterocycles. The van der Waals surface area contributed by atoms with E-state index in [9.17, 15) is 22.8 Å². The van der Waals surface area contributed by atoms with Crippen LogP contribution in [0.25, 0.3) is 10.9 Å². The minimum absolute atomic E-state index is 0.0878. The molecule has 1 aliphatic heterocycles. The van der Waals surface area contributed by atoms with Crippen LogP contribution in [0.3, 0.4) is 0 Å². The summed E-state index contributed by atoms with van der Waals surface area (Å²) in [5, 5.41) is 3.53. The summed E-state index contributed by atoms with van der Waals surface area (Å²) in [5.41, 5.74) is 5.17. The average molecular weight is 680 g/mol. The van der Waals surface area contributed by atoms with Crippen LogP contribution in [0.4, 0.5) is 24.7 Å². The van der Waals surface area contributed by atoms with Crippen LogP contribution in [0.2, 0.25) is 0 Å². The number of rotatable bonds is 6. The third-order valence-corrected chi connectivity index (χ3v) is 8.79. The van der Waals surface area contributed by atoms with Crippen molar-refractivity contribution in [3.8, 4) is 12.3 Å². The second-order valence-corrected chi connectivity index (χ2v) is 11.9. The quantitative estimate of drug-likeness (QED) is 0.130. The van der Waals surface area contributed by atoms with E-state index in [0.29, 0.717) is 28.7 Å². The molecule has 0 radical (unpaired) electrons. The number of nitrogens with zero attached hydrogens (tertiary/aromatic N) is 4. The second kappa shape index (κ2) is 10.5. The zero-order chi connectivity index (χ0) is 29.9. The molecule has 2 fully saturated rings. The zero-order valence-electron chi connectivity index (χ0n) is 22.6. The third kappa shape index (κ3) is 5.34. The summed E-state index contributed by atoms with van der Waals surface area (Å²) in [7, 11) is 3.17. The molecule has 3 N–H and O–H groups in total. The van der Waals surface area contributed by atoms with Crippen molar-refractivity contribution in [3.05, 3.63) is 57.3 Å². The van der Waals surface area contributed by atoms with Crippen molar-refractivity contribution < 1.29 is 22.7 Å². The first kappa shape index (κ1) is 29.1. The number of carbonyl (C=O) groups is 1. The molecular formula is C28H28F3IN6O3. The first-order valence-corrected chi connectivity index (χ1v) is 14.1. The molecule has 3 heterocycles. The number of pyridine rings is 1. The van der Waals surface area contributed by atoms with Gasteiger partial charge in [0.2, 0.25) is 5.91 Å². The van der Waals surface area contributed by atoms with Gasteiger partial charge in [-0.2, -0.15) is 18.2 Å². The number of alkyl halides is 4. The maximum atomic E-state index is 13.5. The van der Waals surface area contributed by atoms with Gasteiger partial charge >= 0.3 is 11.9 Å². The molecule has 3 atom stereocenters. The van der Waals surface area contributed by atoms with E-state index in [2.05, 4.69) is 38.8 Å². The number of nitrogens with one attached hydrogen (secondary N) is 1. The number of hydrogen-bond donors (Lipinski definition) is 2. The van der Waals surface area contributed by atoms with E-state index in [1.165, 1.54) is 17.6 Å². The molecule has 216 valence electrons. The largest absolute Gasteiger partial charge is 0.416 e. The van der Waals surface area contributed by atoms with Gasteiger partial charge in [-0.3, -0.25) is 14.3 Å². The van der Waals surface area contributed by atoms with Gasteiger partial charge < -0.3 is 20.7 Å². The summed E-state index contributed by atoms with van der Waals surface area (Å²) in [4.78, 5) is 36.3. The standard InChI is InChI=1S/C28H28F3IN6O3/c1-5-20(16-8-17(28(29,30)31)10-18(33)9-16)34-25-19-11-21(27(41-4)12-22(32)38(13-27)14(2)39)35-23(15-6-7-15)24(19)37(3)26(40)36-25/h1,8-11,15,20,22H,6-7,12-13,33H2,2-4H3,(H,34,36,40)/t20-,22+,27?/m1/s1. The van der Waals surface area contributed by atoms with Crippen molar-refractivity contribution in [3.63, 3.8) is 0 Å². The molecule has 1 aliphatic carbocycles. The summed E-state index contributed by atoms with van der Waals surface area (Å²) in [6.45, 7) is 1.79. The van der Waals surface area contributed by atoms with Crippen LogP contribution in [-0.2, 0) is 28.4 Å². The summed E-state index contributed by atoms with van der Waals surface area (Å²) in [6, 6.07) is 3.79. The lowest BCUT2D eigenvalue weighted by molar-refractivity contribution is -0.137. The fraction of sp³-hybridized carbons (Fsp3) is 0.429. The lowest BCUT2D eigenvalue weighted by Gasteiger charge is -2.28. The lowest BCUT2D eigenvalue weighted by atomic mass is 9.95. The number of benzene rings is 1. The van der Waals surface area contributed by atoms with Gasteiger partial charge in [0, 0.05) is 44.5 Å². The van der Waals surface area contributed by atoms with Gasteiger partial charge in [-0.1, -0.05) is 28.5 Å². The second-order valence-electron chi connectivity index (χ2n) is 10.5. The van der Waals surface area contributed by atoms with Crippen LogP contribution < -0.4 is 16.7 Å². The predicted octanol–water partition coefficient (Wildman–Crippen LogP) is 4.45. The number of aryl methyl sites for hydroxylation is 1. The number of terminal acetylenes is 1. The Kier molecular flexibility index (Phi) is 7.44. The minimum Gasteiger partial charge on any atom is -0.399 e. The van der Waals surface area contributed by atoms with Gasteiger partial charge in [-0.05, 0) is 42.7 Å². The molecule has 1 unspecified atom stereocenters. The molecule has 2 aliphatic rings. The number of methoxy groups -OCH3 is 1. The van der Waals surface area contributed by atoms with Crippen molar-refractivity contribution in [2.24, 2.45) is 7.05 Å². The number of ether oxygens (including phenoxy) is 1. The Hall–Kier alpha value is -3.38. The molecule has 3 aromatic rings. The normalized spacial score (nSPS) is 21.6. The molecule has 5 rings (SSSR count). The fourth-order valence-electron chi connectivity index (χ4n) is 5.33. The Balaban J connectivity index is 1.69. The number of anilines is 2. The van der Waals surface area contributed by atoms with Crippen molar-refractivity contribution in [1.82, 2.24) is 19.4 Å². The highest BCUT2D eigenvalue weighted by Gasteiger charge is 2.48. The topological polar surface area (TPSA) is 115 Å². The van der Waals surface area contributed by atoms with E-state index in [0.717, 1.165) is 25.0 Å². The molecule has 1 aromatic carbocycles. The van der Waals surface area contributed by atoms with E-state index < -0.39 is 29.1 Å². The van der Waals surface area contributed by atoms with Crippen LogP contribution in [0.5, 0.6) is 0 Å². The Morgan fingerprint density at radius 3 is 2.56 bits per heavy atom. The summed E-state index contributed by atoms with van der Waals surface area (Å²) in [6.07, 6.45) is 3.41. The number of amides is 1. The average Bonchev–Trinajstić information content (AvgIpc) is 3.70. The molecule has 41 heavy (non-hydrogen) atoms. The van der Waals surface area contributed by atoms with E-state index in [1.807, 2.05) is 0 Å². The molecule has 1 saturated heterocycles. The summed E-state index contributed by atoms with van der Waals surface area (Å²) < 4.78 is 47.9. The van der Waals surface area contributed by atoms with Gasteiger partial charge in [0.1, 0.15) is 17.5 Å². The Bertz CT molecular complexity index is 1650. The Morgan fingerprint density at radius 2 is 2.00 bits per heavy atom. The van der Waals surface area contributed by atoms with E-state index in [4.69, 9.17) is 21.9 Å². The highest BCUT2D eigenvalue weighted by atomic mass is 127. The smallest absolute Gasteiger partial charge is 0.399 e. The number of halogens is 4. The van der Waals surface area contributed by atoms with Crippen LogP contribution in [0.1, 0.15) is 60.7 Å². The highest BCUT2D eigenvalue weighted by molar-refractivity contribution is 14.1. The van der Waals surface area contributed by atoms with Gasteiger partial charge in [-0.15, -0.1) is 6.42 Å². The number of nitrogen functional groups attached to an aromatic ring is 1. The molecule has 1 amide bonds. The molecule has 0 bridgehead atoms. The predicted molar refractivity (Wildman–Crippen MR) is 156 cm³/mol. The summed E-state index contributed by atoms with van der Waals surface area (Å²) >= 11 is 2.21. The first-order valence-electron chi connectivity index (χ1n) is 12.9. The molecule has 1 saturated carbocycles. The number of aromatic nitrogens is 3. The van der Waals surface area contributed by atoms with Crippen LogP contribution in [0.15, 0.2) is 29.1 Å². The van der Waals surface area contributed by atoms with Crippen LogP contribution in [0, 0.1) is 12.3 Å². The monoisotopic (exact) mass is 680 g/mol. The van der Waals surface area contributed by atoms with Crippen molar-refractivity contribution in [1.29, 1.82) is 0 Å². The van der Waals surface area contributed by atoms with E-state index >= 15 is 0 Å². The van der Waals surface area contributed by atoms with Gasteiger partial charge in [-0.25, -0.2) is 4.79 Å². The SMILES string of the molecule is C#C[C@@H](Nc1nc(=O)n(C)c2c(C3CC3)nc(C3(OC)C[C@@H](I)N(C(C)=O)C3)cc12)c1cc(N)cc(C(F)(F)F)c1. The van der Waals surface area contributed by atoms with Crippen molar-refractivity contribution in [2.75, 3.05) is 24.7 Å². The van der Waals surface area contributed by atoms with E-state index in [1.54, 1.807) is 25.1 Å². The highest BCUT2D eigenvalue weighted by Crippen LogP contribution is 2.46. The Morgan fingerprint density at radius 1 is 1.29 bits per heavy atom. The number of fused-ring (bicyclic) bond motifs is 1. The number of hydrogen-bond acceptors (Lipinski definition) is 7. The molecule has 9 nitrogen and oxygen atoms in total. The van der Waals surface area contributed by atoms with Crippen molar-refractivity contribution in [2.45, 2.75) is 54.0 Å². The van der Waals surface area contributed by atoms with Crippen molar-refractivity contribution >= 4 is 50.9 Å². The number of carbonyl (C=O) groups excluding carboxylic acids is 1. The Labute approximate surface area is 247 Å². The first-order chi connectivity index (χ1) is 19.3. The molecular weight excluding hydrogens is 652 g/mol. The maximum absolute atomic E-state index is 13.5. The van der Waals surface area contributed by atoms with Crippen LogP contribution in [-0.4, -0.2) is 43.0 Å². The number of nitrogens with two attached hydrogens (primary N) is 1. The minimum atomic E-state index is -4.63.